The highest BCUT2D eigenvalue weighted by atomic mass is 16.4. The average Bonchev–Trinajstić information content (AvgIpc) is 2.92. The summed E-state index contributed by atoms with van der Waals surface area (Å²) in [6.45, 7) is 0. The summed E-state index contributed by atoms with van der Waals surface area (Å²) in [7, 11) is 0. The molecule has 1 aliphatic carbocycles. The second-order valence-electron chi connectivity index (χ2n) is 4.92. The number of hydrogen-bond acceptors (Lipinski definition) is 3. The van der Waals surface area contributed by atoms with Crippen LogP contribution in [-0.4, -0.2) is 22.2 Å². The summed E-state index contributed by atoms with van der Waals surface area (Å²) in [5, 5.41) is 20.1. The first-order valence-corrected chi connectivity index (χ1v) is 6.61. The van der Waals surface area contributed by atoms with Gasteiger partial charge < -0.3 is 15.5 Å². The van der Waals surface area contributed by atoms with Crippen LogP contribution in [0.3, 0.4) is 0 Å². The number of aliphatic carboxylic acids is 2. The molecule has 5 heteroatoms. The fourth-order valence-corrected chi connectivity index (χ4v) is 2.48. The van der Waals surface area contributed by atoms with Gasteiger partial charge in [0, 0.05) is 11.9 Å². The number of carboxylic acids is 2. The second kappa shape index (κ2) is 6.23. The van der Waals surface area contributed by atoms with Crippen molar-refractivity contribution in [3.63, 3.8) is 0 Å². The van der Waals surface area contributed by atoms with Crippen LogP contribution in [0.15, 0.2) is 36.0 Å². The number of carbonyl (C=O) groups is 2. The molecule has 0 bridgehead atoms. The zero-order valence-electron chi connectivity index (χ0n) is 11.0. The molecule has 1 aliphatic rings. The third-order valence-electron chi connectivity index (χ3n) is 3.58. The molecule has 1 fully saturated rings. The van der Waals surface area contributed by atoms with E-state index in [1.54, 1.807) is 0 Å². The van der Waals surface area contributed by atoms with Crippen molar-refractivity contribution in [2.24, 2.45) is 0 Å². The maximum Gasteiger partial charge on any atom is 0.344 e. The zero-order chi connectivity index (χ0) is 14.5. The standard InChI is InChI=1S/C15H17NO4/c17-14(18)13(15(19)20)9-16-12-7-5-11(6-8-12)10-3-1-2-4-10/h5-10,16H,1-4H2,(H,17,18)(H,19,20). The van der Waals surface area contributed by atoms with Crippen LogP contribution in [0.1, 0.15) is 37.2 Å². The third kappa shape index (κ3) is 3.38. The van der Waals surface area contributed by atoms with E-state index in [2.05, 4.69) is 5.32 Å². The molecule has 0 aliphatic heterocycles. The van der Waals surface area contributed by atoms with Gasteiger partial charge in [-0.05, 0) is 36.5 Å². The minimum Gasteiger partial charge on any atom is -0.477 e. The normalized spacial score (nSPS) is 14.8. The van der Waals surface area contributed by atoms with Crippen molar-refractivity contribution in [3.05, 3.63) is 41.6 Å². The summed E-state index contributed by atoms with van der Waals surface area (Å²) in [5.41, 5.74) is 1.27. The fourth-order valence-electron chi connectivity index (χ4n) is 2.48. The van der Waals surface area contributed by atoms with E-state index >= 15 is 0 Å². The minimum atomic E-state index is -1.47. The molecule has 1 aromatic carbocycles. The number of nitrogens with one attached hydrogen (secondary N) is 1. The highest BCUT2D eigenvalue weighted by Gasteiger charge is 2.17. The predicted molar refractivity (Wildman–Crippen MR) is 74.6 cm³/mol. The van der Waals surface area contributed by atoms with Crippen LogP contribution < -0.4 is 5.32 Å². The first-order valence-electron chi connectivity index (χ1n) is 6.61. The van der Waals surface area contributed by atoms with Crippen molar-refractivity contribution < 1.29 is 19.8 Å². The number of hydrogen-bond donors (Lipinski definition) is 3. The first-order chi connectivity index (χ1) is 9.58. The Morgan fingerprint density at radius 3 is 2.10 bits per heavy atom. The van der Waals surface area contributed by atoms with Gasteiger partial charge in [-0.3, -0.25) is 0 Å². The van der Waals surface area contributed by atoms with Gasteiger partial charge in [-0.15, -0.1) is 0 Å². The van der Waals surface area contributed by atoms with Crippen molar-refractivity contribution in [2.75, 3.05) is 5.32 Å². The Morgan fingerprint density at radius 1 is 1.05 bits per heavy atom. The predicted octanol–water partition coefficient (Wildman–Crippen LogP) is 2.81. The topological polar surface area (TPSA) is 86.6 Å². The van der Waals surface area contributed by atoms with Gasteiger partial charge in [0.05, 0.1) is 0 Å². The maximum atomic E-state index is 10.7. The van der Waals surface area contributed by atoms with Crippen molar-refractivity contribution in [2.45, 2.75) is 31.6 Å². The largest absolute Gasteiger partial charge is 0.477 e. The molecule has 20 heavy (non-hydrogen) atoms. The molecule has 0 atom stereocenters. The molecule has 0 radical (unpaired) electrons. The molecule has 0 saturated heterocycles. The molecule has 3 N–H and O–H groups in total. The molecule has 5 nitrogen and oxygen atoms in total. The highest BCUT2D eigenvalue weighted by molar-refractivity contribution is 6.12. The molecule has 1 saturated carbocycles. The van der Waals surface area contributed by atoms with Crippen molar-refractivity contribution >= 4 is 17.6 Å². The van der Waals surface area contributed by atoms with Gasteiger partial charge in [0.2, 0.25) is 0 Å². The Bertz CT molecular complexity index is 511. The number of anilines is 1. The maximum absolute atomic E-state index is 10.7. The monoisotopic (exact) mass is 275 g/mol. The SMILES string of the molecule is O=C(O)C(=CNc1ccc(C2CCCC2)cc1)C(=O)O. The van der Waals surface area contributed by atoms with Gasteiger partial charge in [0.1, 0.15) is 0 Å². The highest BCUT2D eigenvalue weighted by Crippen LogP contribution is 2.34. The van der Waals surface area contributed by atoms with Crippen molar-refractivity contribution in [3.8, 4) is 0 Å². The molecule has 0 amide bonds. The zero-order valence-corrected chi connectivity index (χ0v) is 11.0. The molecular weight excluding hydrogens is 258 g/mol. The summed E-state index contributed by atoms with van der Waals surface area (Å²) in [4.78, 5) is 21.4. The molecule has 0 spiro atoms. The lowest BCUT2D eigenvalue weighted by atomic mass is 9.98. The van der Waals surface area contributed by atoms with E-state index < -0.39 is 17.5 Å². The van der Waals surface area contributed by atoms with E-state index in [0.717, 1.165) is 6.20 Å². The Kier molecular flexibility index (Phi) is 4.40. The van der Waals surface area contributed by atoms with Crippen LogP contribution in [0.4, 0.5) is 5.69 Å². The first kappa shape index (κ1) is 14.1. The smallest absolute Gasteiger partial charge is 0.344 e. The quantitative estimate of drug-likeness (QED) is 0.437. The summed E-state index contributed by atoms with van der Waals surface area (Å²) in [5.74, 6) is -2.31. The van der Waals surface area contributed by atoms with Crippen LogP contribution >= 0.6 is 0 Å². The Labute approximate surface area is 116 Å². The van der Waals surface area contributed by atoms with Gasteiger partial charge in [0.15, 0.2) is 5.57 Å². The molecule has 1 aromatic rings. The van der Waals surface area contributed by atoms with Crippen LogP contribution in [0.5, 0.6) is 0 Å². The lowest BCUT2D eigenvalue weighted by Crippen LogP contribution is -2.12. The summed E-state index contributed by atoms with van der Waals surface area (Å²) in [6, 6.07) is 7.69. The van der Waals surface area contributed by atoms with E-state index in [1.165, 1.54) is 31.2 Å². The Balaban J connectivity index is 2.05. The summed E-state index contributed by atoms with van der Waals surface area (Å²) in [6.07, 6.45) is 5.97. The lowest BCUT2D eigenvalue weighted by molar-refractivity contribution is -0.140. The van der Waals surface area contributed by atoms with Gasteiger partial charge in [0.25, 0.3) is 0 Å². The molecular formula is C15H17NO4. The number of rotatable bonds is 5. The average molecular weight is 275 g/mol. The summed E-state index contributed by atoms with van der Waals surface area (Å²) >= 11 is 0. The third-order valence-corrected chi connectivity index (χ3v) is 3.58. The van der Waals surface area contributed by atoms with Gasteiger partial charge in [-0.25, -0.2) is 9.59 Å². The Morgan fingerprint density at radius 2 is 1.60 bits per heavy atom. The molecule has 0 heterocycles. The molecule has 0 unspecified atom stereocenters. The van der Waals surface area contributed by atoms with Crippen LogP contribution in [0.25, 0.3) is 0 Å². The van der Waals surface area contributed by atoms with Crippen LogP contribution in [-0.2, 0) is 9.59 Å². The van der Waals surface area contributed by atoms with Crippen molar-refractivity contribution in [1.82, 2.24) is 0 Å². The van der Waals surface area contributed by atoms with E-state index in [4.69, 9.17) is 10.2 Å². The molecule has 0 aromatic heterocycles. The van der Waals surface area contributed by atoms with Crippen LogP contribution in [0, 0.1) is 0 Å². The number of carboxylic acid groups (broad SMARTS) is 2. The van der Waals surface area contributed by atoms with Gasteiger partial charge in [-0.2, -0.15) is 0 Å². The lowest BCUT2D eigenvalue weighted by Gasteiger charge is -2.10. The Hall–Kier alpha value is -2.30. The van der Waals surface area contributed by atoms with E-state index in [9.17, 15) is 9.59 Å². The van der Waals surface area contributed by atoms with Gasteiger partial charge >= 0.3 is 11.9 Å². The van der Waals surface area contributed by atoms with E-state index in [1.807, 2.05) is 24.3 Å². The van der Waals surface area contributed by atoms with E-state index in [-0.39, 0.29) is 0 Å². The van der Waals surface area contributed by atoms with Crippen LogP contribution in [0.2, 0.25) is 0 Å². The van der Waals surface area contributed by atoms with E-state index in [0.29, 0.717) is 11.6 Å². The summed E-state index contributed by atoms with van der Waals surface area (Å²) < 4.78 is 0. The van der Waals surface area contributed by atoms with Crippen molar-refractivity contribution in [1.29, 1.82) is 0 Å². The van der Waals surface area contributed by atoms with Gasteiger partial charge in [-0.1, -0.05) is 25.0 Å². The fraction of sp³-hybridized carbons (Fsp3) is 0.333. The molecule has 2 rings (SSSR count). The number of benzene rings is 1. The molecule has 106 valence electrons. The minimum absolute atomic E-state index is 0.619. The second-order valence-corrected chi connectivity index (χ2v) is 4.92.